The first-order valence-electron chi connectivity index (χ1n) is 15.2. The van der Waals surface area contributed by atoms with Crippen molar-refractivity contribution in [2.75, 3.05) is 7.05 Å². The Labute approximate surface area is 268 Å². The maximum atomic E-state index is 4.85. The van der Waals surface area contributed by atoms with Crippen molar-refractivity contribution >= 4 is 17.6 Å². The topological polar surface area (TPSA) is 112 Å². The summed E-state index contributed by atoms with van der Waals surface area (Å²) in [6, 6.07) is 22.7. The Morgan fingerprint density at radius 1 is 0.596 bits per heavy atom. The third-order valence-corrected chi connectivity index (χ3v) is 9.85. The first-order valence-corrected chi connectivity index (χ1v) is 15.2. The summed E-state index contributed by atoms with van der Waals surface area (Å²) in [6.07, 6.45) is 20.4. The molecule has 10 nitrogen and oxygen atoms in total. The van der Waals surface area contributed by atoms with E-state index in [4.69, 9.17) is 4.98 Å². The number of nitrogens with one attached hydrogen (secondary N) is 1. The minimum absolute atomic E-state index is 0.695. The molecule has 220 valence electrons. The molecule has 7 aromatic rings. The van der Waals surface area contributed by atoms with Gasteiger partial charge in [-0.3, -0.25) is 25.0 Å². The van der Waals surface area contributed by atoms with Crippen LogP contribution in [0.5, 0.6) is 0 Å². The zero-order chi connectivity index (χ0) is 31.2. The lowest BCUT2D eigenvalue weighted by atomic mass is 9.69. The number of benzene rings is 1. The Balaban J connectivity index is 1.34. The third-order valence-electron chi connectivity index (χ3n) is 9.85. The monoisotopic (exact) mass is 608 g/mol. The van der Waals surface area contributed by atoms with E-state index < -0.39 is 11.0 Å². The number of hydrogen-bond acceptors (Lipinski definition) is 7. The highest BCUT2D eigenvalue weighted by Crippen LogP contribution is 2.58. The van der Waals surface area contributed by atoms with Crippen LogP contribution in [-0.4, -0.2) is 62.3 Å². The molecule has 1 aromatic carbocycles. The van der Waals surface area contributed by atoms with Gasteiger partial charge in [0.15, 0.2) is 6.20 Å². The molecule has 0 fully saturated rings. The molecule has 0 saturated carbocycles. The van der Waals surface area contributed by atoms with Gasteiger partial charge in [-0.1, -0.05) is 18.2 Å². The number of nitrogens with zero attached hydrogens (tertiary/aromatic N) is 9. The molecule has 2 aliphatic carbocycles. The molecular weight excluding hydrogens is 584 g/mol. The first-order chi connectivity index (χ1) is 23.2. The van der Waals surface area contributed by atoms with Crippen molar-refractivity contribution in [1.29, 1.82) is 0 Å². The predicted molar refractivity (Wildman–Crippen MR) is 172 cm³/mol. The number of hydrogen-bond donors (Lipinski definition) is 1. The highest BCUT2D eigenvalue weighted by atomic mass is 15.3. The zero-order valence-electron chi connectivity index (χ0n) is 25.1. The van der Waals surface area contributed by atoms with E-state index in [1.54, 1.807) is 18.6 Å². The maximum absolute atomic E-state index is 4.85. The number of fused-ring (bicyclic) bond motifs is 7. The summed E-state index contributed by atoms with van der Waals surface area (Å²) < 4.78 is 4.00. The number of aromatic amines is 1. The molecule has 0 radical (unpaired) electrons. The van der Waals surface area contributed by atoms with Crippen molar-refractivity contribution in [3.05, 3.63) is 162 Å². The average Bonchev–Trinajstić information content (AvgIpc) is 3.91. The normalized spacial score (nSPS) is 15.6. The zero-order valence-corrected chi connectivity index (χ0v) is 25.1. The standard InChI is InChI=1S/C37H24N10/c1-46-22-47(35-34(46)42-15-16-43-35)37(31-20-40-12-7-27(31)28-8-13-41-21-32(28)37)24-4-2-3-23(17-24)36(33-9-14-44-45-33)29-18-38-10-5-25(29)26-6-11-39-19-30(26)36/h2-21H,1H3,(H,44,45)/q+2. The van der Waals surface area contributed by atoms with E-state index in [0.29, 0.717) is 5.82 Å². The summed E-state index contributed by atoms with van der Waals surface area (Å²) in [7, 11) is 1.94. The van der Waals surface area contributed by atoms with Gasteiger partial charge in [0.1, 0.15) is 7.05 Å². The van der Waals surface area contributed by atoms with Crippen LogP contribution in [-0.2, 0) is 11.0 Å². The van der Waals surface area contributed by atoms with Crippen LogP contribution in [0.4, 0.5) is 11.6 Å². The van der Waals surface area contributed by atoms with Gasteiger partial charge in [0.2, 0.25) is 5.54 Å². The lowest BCUT2D eigenvalue weighted by Crippen LogP contribution is -2.38. The van der Waals surface area contributed by atoms with Crippen molar-refractivity contribution in [3.63, 3.8) is 0 Å². The van der Waals surface area contributed by atoms with E-state index in [1.807, 2.05) is 67.3 Å². The van der Waals surface area contributed by atoms with Crippen molar-refractivity contribution in [3.8, 4) is 22.3 Å². The van der Waals surface area contributed by atoms with Crippen LogP contribution in [0.1, 0.15) is 39.1 Å². The van der Waals surface area contributed by atoms with Crippen LogP contribution in [0, 0.1) is 0 Å². The number of H-pyrrole nitrogens is 1. The van der Waals surface area contributed by atoms with Crippen LogP contribution >= 0.6 is 0 Å². The van der Waals surface area contributed by atoms with Gasteiger partial charge < -0.3 is 0 Å². The van der Waals surface area contributed by atoms with Crippen molar-refractivity contribution in [2.45, 2.75) is 11.0 Å². The summed E-state index contributed by atoms with van der Waals surface area (Å²) in [5.74, 6) is 1.41. The van der Waals surface area contributed by atoms with E-state index in [2.05, 4.69) is 94.2 Å². The average molecular weight is 609 g/mol. The molecule has 7 heterocycles. The molecule has 47 heavy (non-hydrogen) atoms. The van der Waals surface area contributed by atoms with E-state index in [-0.39, 0.29) is 0 Å². The van der Waals surface area contributed by atoms with Crippen LogP contribution in [0.25, 0.3) is 22.3 Å². The lowest BCUT2D eigenvalue weighted by Gasteiger charge is -2.33. The van der Waals surface area contributed by atoms with Crippen LogP contribution in [0.2, 0.25) is 0 Å². The van der Waals surface area contributed by atoms with Gasteiger partial charge in [0.05, 0.1) is 17.3 Å². The molecule has 3 aliphatic rings. The molecule has 0 bridgehead atoms. The fourth-order valence-corrected chi connectivity index (χ4v) is 8.06. The smallest absolute Gasteiger partial charge is 0.281 e. The summed E-state index contributed by atoms with van der Waals surface area (Å²) >= 11 is 0. The van der Waals surface area contributed by atoms with Gasteiger partial charge >= 0.3 is 17.6 Å². The Morgan fingerprint density at radius 3 is 1.74 bits per heavy atom. The SMILES string of the molecule is C[N+]1=C=[N+](C2(c3cccc(C4(c5ccn[nH]5)c5cnccc5-c5ccncc54)c3)c3cnccc3-c3ccncc32)c2nccnc21. The minimum Gasteiger partial charge on any atom is -0.281 e. The second-order valence-corrected chi connectivity index (χ2v) is 11.9. The van der Waals surface area contributed by atoms with Gasteiger partial charge in [-0.25, -0.2) is 0 Å². The van der Waals surface area contributed by atoms with Crippen LogP contribution < -0.4 is 0 Å². The van der Waals surface area contributed by atoms with Crippen LogP contribution in [0.15, 0.2) is 123 Å². The van der Waals surface area contributed by atoms with Gasteiger partial charge in [0.25, 0.3) is 0 Å². The molecule has 0 saturated heterocycles. The maximum Gasteiger partial charge on any atom is 0.474 e. The molecule has 0 spiro atoms. The van der Waals surface area contributed by atoms with E-state index in [0.717, 1.165) is 67.1 Å². The fraction of sp³-hybridized carbons (Fsp3) is 0.0811. The third kappa shape index (κ3) is 3.11. The summed E-state index contributed by atoms with van der Waals surface area (Å²) in [4.78, 5) is 28.1. The molecule has 10 heteroatoms. The molecule has 0 unspecified atom stereocenters. The second-order valence-electron chi connectivity index (χ2n) is 11.9. The minimum atomic E-state index is -0.929. The summed E-state index contributed by atoms with van der Waals surface area (Å²) in [5, 5.41) is 7.76. The van der Waals surface area contributed by atoms with E-state index in [9.17, 15) is 0 Å². The lowest BCUT2D eigenvalue weighted by molar-refractivity contribution is -0.520. The highest BCUT2D eigenvalue weighted by Gasteiger charge is 2.58. The van der Waals surface area contributed by atoms with E-state index in [1.165, 1.54) is 0 Å². The van der Waals surface area contributed by atoms with Crippen molar-refractivity contribution in [1.82, 2.24) is 40.1 Å². The number of pyridine rings is 4. The van der Waals surface area contributed by atoms with Gasteiger partial charge in [-0.15, -0.1) is 9.15 Å². The Hall–Kier alpha value is -6.51. The largest absolute Gasteiger partial charge is 0.474 e. The molecule has 1 N–H and O–H groups in total. The molecule has 0 atom stereocenters. The predicted octanol–water partition coefficient (Wildman–Crippen LogP) is 5.22. The molecule has 0 amide bonds. The second kappa shape index (κ2) is 9.26. The van der Waals surface area contributed by atoms with E-state index >= 15 is 0 Å². The quantitative estimate of drug-likeness (QED) is 0.273. The molecular formula is C37H24N10+2. The number of rotatable bonds is 4. The molecule has 6 aromatic heterocycles. The Bertz CT molecular complexity index is 2400. The van der Waals surface area contributed by atoms with Crippen molar-refractivity contribution in [2.24, 2.45) is 0 Å². The molecule has 1 aliphatic heterocycles. The van der Waals surface area contributed by atoms with Crippen molar-refractivity contribution < 1.29 is 9.15 Å². The summed E-state index contributed by atoms with van der Waals surface area (Å²) in [5.41, 5.74) is 9.79. The summed E-state index contributed by atoms with van der Waals surface area (Å²) in [6.45, 7) is 0. The van der Waals surface area contributed by atoms with Gasteiger partial charge in [-0.05, 0) is 75.3 Å². The Morgan fingerprint density at radius 2 is 1.15 bits per heavy atom. The van der Waals surface area contributed by atoms with Crippen LogP contribution in [0.3, 0.4) is 0 Å². The number of aromatic nitrogens is 8. The first kappa shape index (κ1) is 25.8. The van der Waals surface area contributed by atoms with Gasteiger partial charge in [0, 0.05) is 77.4 Å². The Kier molecular flexibility index (Phi) is 5.08. The molecule has 10 rings (SSSR count). The fourth-order valence-electron chi connectivity index (χ4n) is 8.06. The van der Waals surface area contributed by atoms with Gasteiger partial charge in [-0.2, -0.15) is 10.1 Å². The highest BCUT2D eigenvalue weighted by molar-refractivity contribution is 5.86.